The summed E-state index contributed by atoms with van der Waals surface area (Å²) in [7, 11) is 0. The second-order valence-corrected chi connectivity index (χ2v) is 4.21. The number of nitrogens with zero attached hydrogens (tertiary/aromatic N) is 2. The second kappa shape index (κ2) is 5.44. The van der Waals surface area contributed by atoms with E-state index in [4.69, 9.17) is 11.0 Å². The number of nitriles is 1. The van der Waals surface area contributed by atoms with Crippen molar-refractivity contribution < 1.29 is 0 Å². The van der Waals surface area contributed by atoms with Crippen LogP contribution >= 0.6 is 0 Å². The molecule has 2 N–H and O–H groups in total. The topological polar surface area (TPSA) is 62.7 Å². The first-order valence-corrected chi connectivity index (χ1v) is 5.95. The Morgan fingerprint density at radius 3 is 2.83 bits per heavy atom. The normalized spacial score (nSPS) is 11.8. The van der Waals surface area contributed by atoms with Crippen molar-refractivity contribution in [3.63, 3.8) is 0 Å². The monoisotopic (exact) mass is 237 g/mol. The van der Waals surface area contributed by atoms with Crippen molar-refractivity contribution in [1.82, 2.24) is 4.98 Å². The zero-order valence-electron chi connectivity index (χ0n) is 10.3. The fraction of sp³-hybridized carbons (Fsp3) is 0.200. The van der Waals surface area contributed by atoms with E-state index in [1.165, 1.54) is 0 Å². The SMILES string of the molecule is CCC(N)c1cccc(-c2cncc(C#N)c2)c1. The summed E-state index contributed by atoms with van der Waals surface area (Å²) in [5, 5.41) is 8.88. The lowest BCUT2D eigenvalue weighted by Crippen LogP contribution is -2.08. The van der Waals surface area contributed by atoms with E-state index >= 15 is 0 Å². The van der Waals surface area contributed by atoms with Gasteiger partial charge in [0.1, 0.15) is 6.07 Å². The second-order valence-electron chi connectivity index (χ2n) is 4.21. The van der Waals surface area contributed by atoms with Crippen molar-refractivity contribution in [2.75, 3.05) is 0 Å². The van der Waals surface area contributed by atoms with Crippen LogP contribution in [0.4, 0.5) is 0 Å². The van der Waals surface area contributed by atoms with Crippen LogP contribution in [-0.2, 0) is 0 Å². The van der Waals surface area contributed by atoms with Gasteiger partial charge in [-0.25, -0.2) is 0 Å². The summed E-state index contributed by atoms with van der Waals surface area (Å²) in [5.74, 6) is 0. The van der Waals surface area contributed by atoms with Crippen molar-refractivity contribution in [3.05, 3.63) is 53.9 Å². The lowest BCUT2D eigenvalue weighted by molar-refractivity contribution is 0.699. The summed E-state index contributed by atoms with van der Waals surface area (Å²) in [6, 6.07) is 12.1. The van der Waals surface area contributed by atoms with Crippen LogP contribution in [0, 0.1) is 11.3 Å². The average molecular weight is 237 g/mol. The predicted molar refractivity (Wildman–Crippen MR) is 71.6 cm³/mol. The smallest absolute Gasteiger partial charge is 0.101 e. The van der Waals surface area contributed by atoms with Gasteiger partial charge >= 0.3 is 0 Å². The van der Waals surface area contributed by atoms with Gasteiger partial charge in [0, 0.05) is 24.0 Å². The largest absolute Gasteiger partial charge is 0.324 e. The van der Waals surface area contributed by atoms with E-state index in [1.54, 1.807) is 12.4 Å². The molecule has 0 radical (unpaired) electrons. The summed E-state index contributed by atoms with van der Waals surface area (Å²) < 4.78 is 0. The van der Waals surface area contributed by atoms with Gasteiger partial charge in [-0.15, -0.1) is 0 Å². The van der Waals surface area contributed by atoms with Crippen LogP contribution in [0.5, 0.6) is 0 Å². The highest BCUT2D eigenvalue weighted by Crippen LogP contribution is 2.23. The van der Waals surface area contributed by atoms with Crippen LogP contribution in [-0.4, -0.2) is 4.98 Å². The van der Waals surface area contributed by atoms with Crippen LogP contribution in [0.3, 0.4) is 0 Å². The fourth-order valence-corrected chi connectivity index (χ4v) is 1.84. The first-order valence-electron chi connectivity index (χ1n) is 5.95. The summed E-state index contributed by atoms with van der Waals surface area (Å²) in [4.78, 5) is 4.07. The van der Waals surface area contributed by atoms with Gasteiger partial charge in [-0.2, -0.15) is 5.26 Å². The van der Waals surface area contributed by atoms with E-state index in [9.17, 15) is 0 Å². The van der Waals surface area contributed by atoms with Crippen molar-refractivity contribution in [2.24, 2.45) is 5.73 Å². The Hall–Kier alpha value is -2.18. The highest BCUT2D eigenvalue weighted by atomic mass is 14.6. The standard InChI is InChI=1S/C15H15N3/c1-2-15(17)13-5-3-4-12(7-13)14-6-11(8-16)9-18-10-14/h3-7,9-10,15H,2,17H2,1H3. The Kier molecular flexibility index (Phi) is 3.71. The van der Waals surface area contributed by atoms with Crippen molar-refractivity contribution in [3.8, 4) is 17.2 Å². The maximum atomic E-state index is 8.88. The Morgan fingerprint density at radius 1 is 1.28 bits per heavy atom. The van der Waals surface area contributed by atoms with Crippen molar-refractivity contribution in [1.29, 1.82) is 5.26 Å². The zero-order chi connectivity index (χ0) is 13.0. The molecular weight excluding hydrogens is 222 g/mol. The Balaban J connectivity index is 2.41. The van der Waals surface area contributed by atoms with Crippen LogP contribution < -0.4 is 5.73 Å². The molecule has 1 aromatic carbocycles. The summed E-state index contributed by atoms with van der Waals surface area (Å²) in [5.41, 5.74) is 9.69. The lowest BCUT2D eigenvalue weighted by Gasteiger charge is -2.11. The Morgan fingerprint density at radius 2 is 2.11 bits per heavy atom. The molecule has 0 saturated heterocycles. The molecule has 0 amide bonds. The van der Waals surface area contributed by atoms with Gasteiger partial charge in [0.25, 0.3) is 0 Å². The first-order chi connectivity index (χ1) is 8.74. The summed E-state index contributed by atoms with van der Waals surface area (Å²) >= 11 is 0. The molecule has 90 valence electrons. The highest BCUT2D eigenvalue weighted by molar-refractivity contribution is 5.64. The van der Waals surface area contributed by atoms with E-state index < -0.39 is 0 Å². The van der Waals surface area contributed by atoms with Gasteiger partial charge in [0.05, 0.1) is 5.56 Å². The molecule has 1 heterocycles. The maximum Gasteiger partial charge on any atom is 0.101 e. The third-order valence-electron chi connectivity index (χ3n) is 2.96. The van der Waals surface area contributed by atoms with Gasteiger partial charge < -0.3 is 5.73 Å². The minimum absolute atomic E-state index is 0.0528. The number of pyridine rings is 1. The number of rotatable bonds is 3. The Labute approximate surface area is 107 Å². The Bertz CT molecular complexity index is 584. The molecule has 1 atom stereocenters. The molecule has 2 rings (SSSR count). The van der Waals surface area contributed by atoms with Crippen molar-refractivity contribution in [2.45, 2.75) is 19.4 Å². The van der Waals surface area contributed by atoms with Gasteiger partial charge in [-0.05, 0) is 29.7 Å². The van der Waals surface area contributed by atoms with Gasteiger partial charge in [0.15, 0.2) is 0 Å². The predicted octanol–water partition coefficient (Wildman–Crippen LogP) is 3.03. The van der Waals surface area contributed by atoms with Crippen molar-refractivity contribution >= 4 is 0 Å². The number of aromatic nitrogens is 1. The van der Waals surface area contributed by atoms with E-state index in [2.05, 4.69) is 24.0 Å². The van der Waals surface area contributed by atoms with Crippen LogP contribution in [0.1, 0.15) is 30.5 Å². The highest BCUT2D eigenvalue weighted by Gasteiger charge is 2.05. The molecule has 0 saturated carbocycles. The molecular formula is C15H15N3. The van der Waals surface area contributed by atoms with E-state index in [1.807, 2.05) is 24.3 Å². The molecule has 18 heavy (non-hydrogen) atoms. The average Bonchev–Trinajstić information content (AvgIpc) is 2.46. The quantitative estimate of drug-likeness (QED) is 0.892. The van der Waals surface area contributed by atoms with Crippen LogP contribution in [0.2, 0.25) is 0 Å². The molecule has 3 heteroatoms. The minimum Gasteiger partial charge on any atom is -0.324 e. The van der Waals surface area contributed by atoms with Gasteiger partial charge in [-0.3, -0.25) is 4.98 Å². The molecule has 2 aromatic rings. The number of nitrogens with two attached hydrogens (primary N) is 1. The minimum atomic E-state index is 0.0528. The van der Waals surface area contributed by atoms with E-state index in [0.717, 1.165) is 23.1 Å². The third-order valence-corrected chi connectivity index (χ3v) is 2.96. The number of hydrogen-bond acceptors (Lipinski definition) is 3. The van der Waals surface area contributed by atoms with Crippen LogP contribution in [0.25, 0.3) is 11.1 Å². The number of hydrogen-bond donors (Lipinski definition) is 1. The molecule has 0 aliphatic rings. The van der Waals surface area contributed by atoms with Gasteiger partial charge in [-0.1, -0.05) is 25.1 Å². The maximum absolute atomic E-state index is 8.88. The van der Waals surface area contributed by atoms with E-state index in [-0.39, 0.29) is 6.04 Å². The molecule has 0 aliphatic heterocycles. The summed E-state index contributed by atoms with van der Waals surface area (Å²) in [6.45, 7) is 2.06. The zero-order valence-corrected chi connectivity index (χ0v) is 10.3. The fourth-order valence-electron chi connectivity index (χ4n) is 1.84. The molecule has 0 spiro atoms. The molecule has 0 fully saturated rings. The molecule has 1 unspecified atom stereocenters. The first kappa shape index (κ1) is 12.3. The van der Waals surface area contributed by atoms with Gasteiger partial charge in [0.2, 0.25) is 0 Å². The molecule has 1 aromatic heterocycles. The van der Waals surface area contributed by atoms with Crippen LogP contribution in [0.15, 0.2) is 42.7 Å². The lowest BCUT2D eigenvalue weighted by atomic mass is 9.99. The molecule has 0 bridgehead atoms. The van der Waals surface area contributed by atoms with E-state index in [0.29, 0.717) is 5.56 Å². The molecule has 3 nitrogen and oxygen atoms in total. The summed E-state index contributed by atoms with van der Waals surface area (Å²) in [6.07, 6.45) is 4.22. The number of benzene rings is 1. The third kappa shape index (κ3) is 2.55. The molecule has 0 aliphatic carbocycles.